The number of anilines is 1. The zero-order valence-electron chi connectivity index (χ0n) is 12.9. The first-order valence-corrected chi connectivity index (χ1v) is 8.48. The minimum atomic E-state index is -4.48. The molecule has 8 heteroatoms. The molecule has 3 rings (SSSR count). The molecule has 1 aliphatic rings. The number of urea groups is 1. The Morgan fingerprint density at radius 3 is 2.72 bits per heavy atom. The Morgan fingerprint density at radius 1 is 1.16 bits per heavy atom. The molecule has 0 fully saturated rings. The van der Waals surface area contributed by atoms with Crippen LogP contribution in [0.1, 0.15) is 23.6 Å². The number of rotatable bonds is 2. The Kier molecular flexibility index (Phi) is 4.89. The lowest BCUT2D eigenvalue weighted by Crippen LogP contribution is -2.34. The third-order valence-electron chi connectivity index (χ3n) is 3.76. The van der Waals surface area contributed by atoms with Crippen molar-refractivity contribution in [1.29, 1.82) is 0 Å². The van der Waals surface area contributed by atoms with Crippen molar-refractivity contribution in [2.75, 3.05) is 11.1 Å². The average molecular weight is 370 g/mol. The number of thioether (sulfide) groups is 1. The third-order valence-corrected chi connectivity index (χ3v) is 4.89. The van der Waals surface area contributed by atoms with Crippen molar-refractivity contribution in [2.45, 2.75) is 23.5 Å². The van der Waals surface area contributed by atoms with E-state index in [2.05, 4.69) is 10.6 Å². The quantitative estimate of drug-likeness (QED) is 0.713. The second-order valence-corrected chi connectivity index (χ2v) is 6.69. The molecular formula is C17H14F4N2OS. The number of carbonyl (C=O) groups excluding carboxylic acids is 1. The smallest absolute Gasteiger partial charge is 0.331 e. The van der Waals surface area contributed by atoms with E-state index >= 15 is 0 Å². The van der Waals surface area contributed by atoms with Gasteiger partial charge in [0.25, 0.3) is 0 Å². The summed E-state index contributed by atoms with van der Waals surface area (Å²) in [5.41, 5.74) is -0.126. The fraction of sp³-hybridized carbons (Fsp3) is 0.235. The highest BCUT2D eigenvalue weighted by molar-refractivity contribution is 7.99. The standard InChI is InChI=1S/C17H14F4N2OS/c18-11-4-5-15-13(9-11)14(6-7-25-15)23-16(24)22-12-3-1-2-10(8-12)17(19,20)21/h1-5,8-9,14H,6-7H2,(H2,22,23,24). The molecule has 1 unspecified atom stereocenters. The van der Waals surface area contributed by atoms with Gasteiger partial charge in [-0.15, -0.1) is 11.8 Å². The van der Waals surface area contributed by atoms with Crippen LogP contribution in [-0.2, 0) is 6.18 Å². The van der Waals surface area contributed by atoms with Crippen LogP contribution in [0.4, 0.5) is 28.0 Å². The van der Waals surface area contributed by atoms with Gasteiger partial charge in [-0.05, 0) is 48.4 Å². The SMILES string of the molecule is O=C(Nc1cccc(C(F)(F)F)c1)NC1CCSc2ccc(F)cc21. The topological polar surface area (TPSA) is 41.1 Å². The van der Waals surface area contributed by atoms with E-state index in [1.165, 1.54) is 24.3 Å². The Bertz CT molecular complexity index is 794. The lowest BCUT2D eigenvalue weighted by atomic mass is 10.0. The summed E-state index contributed by atoms with van der Waals surface area (Å²) >= 11 is 1.57. The van der Waals surface area contributed by atoms with Crippen molar-refractivity contribution in [1.82, 2.24) is 5.32 Å². The van der Waals surface area contributed by atoms with E-state index in [0.717, 1.165) is 22.8 Å². The molecule has 2 aromatic rings. The highest BCUT2D eigenvalue weighted by Crippen LogP contribution is 2.36. The van der Waals surface area contributed by atoms with Crippen LogP contribution >= 0.6 is 11.8 Å². The molecule has 2 N–H and O–H groups in total. The van der Waals surface area contributed by atoms with Crippen molar-refractivity contribution < 1.29 is 22.4 Å². The summed E-state index contributed by atoms with van der Waals surface area (Å²) in [6, 6.07) is 7.76. The summed E-state index contributed by atoms with van der Waals surface area (Å²) in [7, 11) is 0. The zero-order valence-corrected chi connectivity index (χ0v) is 13.7. The van der Waals surface area contributed by atoms with E-state index in [0.29, 0.717) is 12.0 Å². The van der Waals surface area contributed by atoms with Gasteiger partial charge in [0, 0.05) is 16.3 Å². The lowest BCUT2D eigenvalue weighted by Gasteiger charge is -2.26. The number of benzene rings is 2. The van der Waals surface area contributed by atoms with E-state index in [9.17, 15) is 22.4 Å². The largest absolute Gasteiger partial charge is 0.416 e. The van der Waals surface area contributed by atoms with Gasteiger partial charge in [-0.25, -0.2) is 9.18 Å². The molecule has 0 radical (unpaired) electrons. The van der Waals surface area contributed by atoms with Gasteiger partial charge in [0.15, 0.2) is 0 Å². The molecule has 2 amide bonds. The number of halogens is 4. The lowest BCUT2D eigenvalue weighted by molar-refractivity contribution is -0.137. The first-order valence-electron chi connectivity index (χ1n) is 7.50. The first-order chi connectivity index (χ1) is 11.8. The molecule has 1 atom stereocenters. The molecule has 132 valence electrons. The van der Waals surface area contributed by atoms with Crippen LogP contribution in [0.15, 0.2) is 47.4 Å². The van der Waals surface area contributed by atoms with Gasteiger partial charge in [-0.2, -0.15) is 13.2 Å². The molecule has 2 aromatic carbocycles. The molecule has 0 spiro atoms. The Balaban J connectivity index is 1.71. The minimum absolute atomic E-state index is 0.0389. The number of hydrogen-bond acceptors (Lipinski definition) is 2. The van der Waals surface area contributed by atoms with Gasteiger partial charge in [0.2, 0.25) is 0 Å². The molecule has 0 bridgehead atoms. The monoisotopic (exact) mass is 370 g/mol. The van der Waals surface area contributed by atoms with Gasteiger partial charge in [0.1, 0.15) is 5.82 Å². The number of carbonyl (C=O) groups is 1. The Hall–Kier alpha value is -2.22. The summed E-state index contributed by atoms with van der Waals surface area (Å²) in [4.78, 5) is 13.0. The maximum atomic E-state index is 13.5. The van der Waals surface area contributed by atoms with Gasteiger partial charge in [0.05, 0.1) is 11.6 Å². The predicted molar refractivity (Wildman–Crippen MR) is 88.1 cm³/mol. The molecule has 0 aliphatic carbocycles. The molecule has 0 saturated carbocycles. The van der Waals surface area contributed by atoms with Crippen LogP contribution in [0.3, 0.4) is 0 Å². The van der Waals surface area contributed by atoms with Gasteiger partial charge < -0.3 is 10.6 Å². The number of fused-ring (bicyclic) bond motifs is 1. The van der Waals surface area contributed by atoms with Crippen LogP contribution in [0, 0.1) is 5.82 Å². The molecule has 1 heterocycles. The molecule has 3 nitrogen and oxygen atoms in total. The van der Waals surface area contributed by atoms with Crippen LogP contribution in [0.5, 0.6) is 0 Å². The maximum absolute atomic E-state index is 13.5. The third kappa shape index (κ3) is 4.25. The van der Waals surface area contributed by atoms with E-state index in [-0.39, 0.29) is 5.69 Å². The predicted octanol–water partition coefficient (Wildman–Crippen LogP) is 5.20. The highest BCUT2D eigenvalue weighted by Gasteiger charge is 2.30. The summed E-state index contributed by atoms with van der Waals surface area (Å²) < 4.78 is 51.6. The van der Waals surface area contributed by atoms with Gasteiger partial charge in [-0.3, -0.25) is 0 Å². The van der Waals surface area contributed by atoms with Crippen LogP contribution in [0.25, 0.3) is 0 Å². The fourth-order valence-corrected chi connectivity index (χ4v) is 3.72. The Labute approximate surface area is 145 Å². The van der Waals surface area contributed by atoms with Gasteiger partial charge >= 0.3 is 12.2 Å². The van der Waals surface area contributed by atoms with E-state index in [1.807, 2.05) is 0 Å². The second-order valence-electron chi connectivity index (χ2n) is 5.55. The van der Waals surface area contributed by atoms with Crippen molar-refractivity contribution in [3.63, 3.8) is 0 Å². The summed E-state index contributed by atoms with van der Waals surface area (Å²) in [6.07, 6.45) is -3.87. The first kappa shape index (κ1) is 17.6. The summed E-state index contributed by atoms with van der Waals surface area (Å²) in [6.45, 7) is 0. The summed E-state index contributed by atoms with van der Waals surface area (Å²) in [5, 5.41) is 5.09. The van der Waals surface area contributed by atoms with E-state index in [4.69, 9.17) is 0 Å². The molecule has 0 aromatic heterocycles. The Morgan fingerprint density at radius 2 is 1.96 bits per heavy atom. The fourth-order valence-electron chi connectivity index (χ4n) is 2.61. The number of amides is 2. The zero-order chi connectivity index (χ0) is 18.0. The van der Waals surface area contributed by atoms with Crippen LogP contribution < -0.4 is 10.6 Å². The van der Waals surface area contributed by atoms with Crippen molar-refractivity contribution in [2.24, 2.45) is 0 Å². The van der Waals surface area contributed by atoms with Crippen molar-refractivity contribution in [3.8, 4) is 0 Å². The van der Waals surface area contributed by atoms with Crippen LogP contribution in [0.2, 0.25) is 0 Å². The van der Waals surface area contributed by atoms with E-state index in [1.54, 1.807) is 17.8 Å². The number of nitrogens with one attached hydrogen (secondary N) is 2. The van der Waals surface area contributed by atoms with Crippen LogP contribution in [-0.4, -0.2) is 11.8 Å². The molecule has 25 heavy (non-hydrogen) atoms. The maximum Gasteiger partial charge on any atom is 0.416 e. The summed E-state index contributed by atoms with van der Waals surface area (Å²) in [5.74, 6) is 0.360. The second kappa shape index (κ2) is 6.95. The molecule has 1 aliphatic heterocycles. The van der Waals surface area contributed by atoms with Crippen molar-refractivity contribution >= 4 is 23.5 Å². The average Bonchev–Trinajstić information content (AvgIpc) is 2.55. The normalized spacial score (nSPS) is 16.9. The molecular weight excluding hydrogens is 356 g/mol. The van der Waals surface area contributed by atoms with Crippen molar-refractivity contribution in [3.05, 3.63) is 59.4 Å². The number of alkyl halides is 3. The molecule has 0 saturated heterocycles. The van der Waals surface area contributed by atoms with Gasteiger partial charge in [-0.1, -0.05) is 6.07 Å². The minimum Gasteiger partial charge on any atom is -0.331 e. The van der Waals surface area contributed by atoms with E-state index < -0.39 is 29.6 Å². The number of hydrogen-bond donors (Lipinski definition) is 2. The highest BCUT2D eigenvalue weighted by atomic mass is 32.2.